The summed E-state index contributed by atoms with van der Waals surface area (Å²) in [5.74, 6) is -2.05. The van der Waals surface area contributed by atoms with E-state index in [0.717, 1.165) is 16.2 Å². The van der Waals surface area contributed by atoms with Crippen LogP contribution in [0.4, 0.5) is 5.69 Å². The van der Waals surface area contributed by atoms with Gasteiger partial charge in [-0.25, -0.2) is 13.3 Å². The van der Waals surface area contributed by atoms with Crippen LogP contribution < -0.4 is 4.90 Å². The number of hydrogen-bond acceptors (Lipinski definition) is 6. The number of thiophene rings is 1. The number of ketones is 1. The summed E-state index contributed by atoms with van der Waals surface area (Å²) in [6.07, 6.45) is -0.0911. The fourth-order valence-electron chi connectivity index (χ4n) is 3.47. The molecule has 32 heavy (non-hydrogen) atoms. The molecule has 0 atom stereocenters. The second-order valence-electron chi connectivity index (χ2n) is 7.19. The molecule has 0 spiro atoms. The zero-order valence-electron chi connectivity index (χ0n) is 16.4. The Bertz CT molecular complexity index is 1360. The van der Waals surface area contributed by atoms with E-state index in [9.17, 15) is 22.8 Å². The summed E-state index contributed by atoms with van der Waals surface area (Å²) in [5, 5.41) is 0.115. The molecule has 0 saturated heterocycles. The summed E-state index contributed by atoms with van der Waals surface area (Å²) in [4.78, 5) is 38.9. The van der Waals surface area contributed by atoms with Gasteiger partial charge in [-0.2, -0.15) is 0 Å². The molecule has 0 aliphatic carbocycles. The zero-order valence-corrected chi connectivity index (χ0v) is 19.5. The molecule has 0 N–H and O–H groups in total. The number of anilines is 1. The van der Waals surface area contributed by atoms with E-state index in [1.807, 2.05) is 0 Å². The molecule has 2 heterocycles. The van der Waals surface area contributed by atoms with Gasteiger partial charge in [-0.1, -0.05) is 47.5 Å². The van der Waals surface area contributed by atoms with Gasteiger partial charge in [-0.15, -0.1) is 11.3 Å². The van der Waals surface area contributed by atoms with Crippen LogP contribution in [0.3, 0.4) is 0 Å². The average Bonchev–Trinajstić information content (AvgIpc) is 3.16. The minimum atomic E-state index is -3.78. The van der Waals surface area contributed by atoms with E-state index in [4.69, 9.17) is 23.2 Å². The first-order valence-electron chi connectivity index (χ1n) is 9.39. The predicted molar refractivity (Wildman–Crippen MR) is 124 cm³/mol. The SMILES string of the molecule is O=C(Cc1ccc(N2C(=O)Cc3ccccc3C2=O)c(Cl)c1)CS(=O)(=O)c1ccc(Cl)s1. The molecule has 2 aromatic carbocycles. The van der Waals surface area contributed by atoms with Crippen molar-refractivity contribution in [3.63, 3.8) is 0 Å². The van der Waals surface area contributed by atoms with Gasteiger partial charge in [-0.05, 0) is 41.5 Å². The molecule has 3 aromatic rings. The van der Waals surface area contributed by atoms with E-state index in [1.165, 1.54) is 24.3 Å². The topological polar surface area (TPSA) is 88.6 Å². The Morgan fingerprint density at radius 1 is 1.03 bits per heavy atom. The van der Waals surface area contributed by atoms with Crippen molar-refractivity contribution < 1.29 is 22.8 Å². The maximum absolute atomic E-state index is 12.9. The number of sulfone groups is 1. The van der Waals surface area contributed by atoms with Crippen molar-refractivity contribution >= 4 is 67.7 Å². The number of carbonyl (C=O) groups excluding carboxylic acids is 3. The van der Waals surface area contributed by atoms with Crippen molar-refractivity contribution in [1.29, 1.82) is 0 Å². The third-order valence-corrected chi connectivity index (χ3v) is 8.69. The molecule has 0 fully saturated rings. The minimum Gasteiger partial charge on any atom is -0.298 e. The first-order valence-corrected chi connectivity index (χ1v) is 12.6. The van der Waals surface area contributed by atoms with Crippen LogP contribution in [0.15, 0.2) is 58.8 Å². The number of benzene rings is 2. The molecule has 0 radical (unpaired) electrons. The van der Waals surface area contributed by atoms with E-state index < -0.39 is 33.2 Å². The van der Waals surface area contributed by atoms with Gasteiger partial charge in [0.2, 0.25) is 5.91 Å². The smallest absolute Gasteiger partial charge is 0.265 e. The quantitative estimate of drug-likeness (QED) is 0.462. The molecule has 0 saturated carbocycles. The number of rotatable bonds is 6. The van der Waals surface area contributed by atoms with Crippen molar-refractivity contribution in [1.82, 2.24) is 0 Å². The molecule has 2 amide bonds. The second-order valence-corrected chi connectivity index (χ2v) is 11.5. The maximum atomic E-state index is 12.9. The summed E-state index contributed by atoms with van der Waals surface area (Å²) in [5.41, 5.74) is 1.78. The first kappa shape index (κ1) is 22.7. The Kier molecular flexibility index (Phi) is 6.22. The van der Waals surface area contributed by atoms with Gasteiger partial charge >= 0.3 is 0 Å². The number of fused-ring (bicyclic) bond motifs is 1. The van der Waals surface area contributed by atoms with Crippen LogP contribution in [-0.4, -0.2) is 31.8 Å². The standard InChI is InChI=1S/C22H15Cl2NO5S2/c23-17-10-13(9-15(26)12-32(29,30)21-8-7-19(24)31-21)5-6-18(17)25-20(27)11-14-3-1-2-4-16(14)22(25)28/h1-8,10H,9,11-12H2. The summed E-state index contributed by atoms with van der Waals surface area (Å²) >= 11 is 13.0. The van der Waals surface area contributed by atoms with E-state index in [-0.39, 0.29) is 27.8 Å². The third-order valence-electron chi connectivity index (χ3n) is 4.90. The number of amides is 2. The molecular formula is C22H15Cl2NO5S2. The normalized spacial score (nSPS) is 13.9. The lowest BCUT2D eigenvalue weighted by Gasteiger charge is -2.27. The molecule has 4 rings (SSSR count). The number of Topliss-reactive ketones (excluding diaryl/α,β-unsaturated/α-hetero) is 1. The van der Waals surface area contributed by atoms with Crippen molar-refractivity contribution in [3.05, 3.63) is 80.6 Å². The average molecular weight is 508 g/mol. The monoisotopic (exact) mass is 507 g/mol. The Labute approximate surface area is 198 Å². The summed E-state index contributed by atoms with van der Waals surface area (Å²) < 4.78 is 25.1. The summed E-state index contributed by atoms with van der Waals surface area (Å²) in [6, 6.07) is 14.2. The summed E-state index contributed by atoms with van der Waals surface area (Å²) in [7, 11) is -3.78. The van der Waals surface area contributed by atoms with Gasteiger partial charge in [-0.3, -0.25) is 14.4 Å². The predicted octanol–water partition coefficient (Wildman–Crippen LogP) is 4.37. The van der Waals surface area contributed by atoms with Gasteiger partial charge in [0.1, 0.15) is 9.96 Å². The van der Waals surface area contributed by atoms with Crippen LogP contribution in [0, 0.1) is 0 Å². The highest BCUT2D eigenvalue weighted by molar-refractivity contribution is 7.94. The van der Waals surface area contributed by atoms with Crippen molar-refractivity contribution in [3.8, 4) is 0 Å². The molecule has 10 heteroatoms. The number of imide groups is 1. The number of hydrogen-bond donors (Lipinski definition) is 0. The highest BCUT2D eigenvalue weighted by atomic mass is 35.5. The third kappa shape index (κ3) is 4.49. The molecule has 6 nitrogen and oxygen atoms in total. The first-order chi connectivity index (χ1) is 15.2. The van der Waals surface area contributed by atoms with Gasteiger partial charge < -0.3 is 0 Å². The molecule has 1 aliphatic rings. The van der Waals surface area contributed by atoms with Gasteiger partial charge in [0.05, 0.1) is 21.5 Å². The largest absolute Gasteiger partial charge is 0.298 e. The Morgan fingerprint density at radius 2 is 1.78 bits per heavy atom. The molecule has 1 aromatic heterocycles. The van der Waals surface area contributed by atoms with Crippen LogP contribution in [0.25, 0.3) is 0 Å². The lowest BCUT2D eigenvalue weighted by molar-refractivity contribution is -0.118. The van der Waals surface area contributed by atoms with E-state index >= 15 is 0 Å². The molecule has 0 unspecified atom stereocenters. The molecule has 1 aliphatic heterocycles. The highest BCUT2D eigenvalue weighted by Gasteiger charge is 2.33. The van der Waals surface area contributed by atoms with Gasteiger partial charge in [0.25, 0.3) is 5.91 Å². The molecule has 164 valence electrons. The number of nitrogens with zero attached hydrogens (tertiary/aromatic N) is 1. The number of halogens is 2. The molecular weight excluding hydrogens is 493 g/mol. The van der Waals surface area contributed by atoms with Crippen LogP contribution >= 0.6 is 34.5 Å². The minimum absolute atomic E-state index is 0.0339. The van der Waals surface area contributed by atoms with Crippen molar-refractivity contribution in [2.45, 2.75) is 17.1 Å². The van der Waals surface area contributed by atoms with Crippen LogP contribution in [0.5, 0.6) is 0 Å². The zero-order chi connectivity index (χ0) is 23.0. The lowest BCUT2D eigenvalue weighted by atomic mass is 9.97. The van der Waals surface area contributed by atoms with Crippen LogP contribution in [0.2, 0.25) is 9.36 Å². The number of carbonyl (C=O) groups is 3. The highest BCUT2D eigenvalue weighted by Crippen LogP contribution is 2.32. The van der Waals surface area contributed by atoms with Crippen LogP contribution in [0.1, 0.15) is 21.5 Å². The Hall–Kier alpha value is -2.52. The van der Waals surface area contributed by atoms with Crippen LogP contribution in [-0.2, 0) is 32.3 Å². The van der Waals surface area contributed by atoms with E-state index in [2.05, 4.69) is 0 Å². The van der Waals surface area contributed by atoms with E-state index in [1.54, 1.807) is 30.3 Å². The fourth-order valence-corrected chi connectivity index (χ4v) is 6.57. The van der Waals surface area contributed by atoms with E-state index in [0.29, 0.717) is 21.0 Å². The molecule has 0 bridgehead atoms. The van der Waals surface area contributed by atoms with Gasteiger partial charge in [0, 0.05) is 12.0 Å². The lowest BCUT2D eigenvalue weighted by Crippen LogP contribution is -2.42. The Morgan fingerprint density at radius 3 is 2.47 bits per heavy atom. The summed E-state index contributed by atoms with van der Waals surface area (Å²) in [6.45, 7) is 0. The fraction of sp³-hybridized carbons (Fsp3) is 0.136. The van der Waals surface area contributed by atoms with Gasteiger partial charge in [0.15, 0.2) is 15.6 Å². The van der Waals surface area contributed by atoms with Crippen molar-refractivity contribution in [2.24, 2.45) is 0 Å². The second kappa shape index (κ2) is 8.78. The van der Waals surface area contributed by atoms with Crippen molar-refractivity contribution in [2.75, 3.05) is 10.7 Å². The maximum Gasteiger partial charge on any atom is 0.265 e. The Balaban J connectivity index is 1.52.